The molecule has 0 amide bonds. The Kier molecular flexibility index (Phi) is 6.45. The lowest BCUT2D eigenvalue weighted by atomic mass is 10.1. The van der Waals surface area contributed by atoms with Gasteiger partial charge in [-0.05, 0) is 75.4 Å². The van der Waals surface area contributed by atoms with Gasteiger partial charge in [-0.1, -0.05) is 6.07 Å². The van der Waals surface area contributed by atoms with Gasteiger partial charge in [0.25, 0.3) is 0 Å². The molecule has 0 spiro atoms. The molecule has 2 heterocycles. The summed E-state index contributed by atoms with van der Waals surface area (Å²) in [6, 6.07) is 9.07. The first kappa shape index (κ1) is 21.5. The summed E-state index contributed by atoms with van der Waals surface area (Å²) < 4.78 is 36.3. The van der Waals surface area contributed by atoms with Gasteiger partial charge in [0.15, 0.2) is 0 Å². The lowest BCUT2D eigenvalue weighted by Gasteiger charge is -2.19. The van der Waals surface area contributed by atoms with Gasteiger partial charge >= 0.3 is 0 Å². The summed E-state index contributed by atoms with van der Waals surface area (Å²) >= 11 is 1.59. The first-order valence-electron chi connectivity index (χ1n) is 9.52. The zero-order valence-corrected chi connectivity index (χ0v) is 19.0. The largest absolute Gasteiger partial charge is 0.493 e. The highest BCUT2D eigenvalue weighted by Gasteiger charge is 2.23. The van der Waals surface area contributed by atoms with Crippen molar-refractivity contribution < 1.29 is 13.2 Å². The minimum absolute atomic E-state index is 0.205. The Morgan fingerprint density at radius 2 is 1.86 bits per heavy atom. The molecule has 3 aromatic rings. The van der Waals surface area contributed by atoms with Crippen LogP contribution in [0.3, 0.4) is 0 Å². The molecule has 1 aromatic carbocycles. The van der Waals surface area contributed by atoms with Crippen LogP contribution in [-0.2, 0) is 10.0 Å². The molecule has 0 aliphatic carbocycles. The molecule has 0 saturated carbocycles. The van der Waals surface area contributed by atoms with Crippen molar-refractivity contribution in [1.82, 2.24) is 14.5 Å². The lowest BCUT2D eigenvalue weighted by molar-refractivity contribution is 0.335. The summed E-state index contributed by atoms with van der Waals surface area (Å²) in [5.74, 6) is 0.741. The summed E-state index contributed by atoms with van der Waals surface area (Å²) in [6.07, 6.45) is 0. The van der Waals surface area contributed by atoms with E-state index in [9.17, 15) is 8.42 Å². The van der Waals surface area contributed by atoms with E-state index in [2.05, 4.69) is 9.82 Å². The molecule has 2 aromatic heterocycles. The Labute approximate surface area is 176 Å². The quantitative estimate of drug-likeness (QED) is 0.579. The van der Waals surface area contributed by atoms with Crippen LogP contribution in [-0.4, -0.2) is 31.3 Å². The molecule has 1 N–H and O–H groups in total. The van der Waals surface area contributed by atoms with Crippen LogP contribution in [0.25, 0.3) is 0 Å². The second-order valence-corrected chi connectivity index (χ2v) is 9.82. The van der Waals surface area contributed by atoms with Gasteiger partial charge in [0, 0.05) is 17.1 Å². The van der Waals surface area contributed by atoms with Crippen molar-refractivity contribution in [3.05, 3.63) is 63.1 Å². The Balaban J connectivity index is 1.88. The van der Waals surface area contributed by atoms with Crippen LogP contribution in [0.15, 0.2) is 40.6 Å². The van der Waals surface area contributed by atoms with Gasteiger partial charge < -0.3 is 4.74 Å². The maximum absolute atomic E-state index is 13.0. The topological polar surface area (TPSA) is 73.2 Å². The second kappa shape index (κ2) is 8.69. The molecule has 156 valence electrons. The van der Waals surface area contributed by atoms with Crippen LogP contribution in [0.1, 0.15) is 40.4 Å². The van der Waals surface area contributed by atoms with Crippen LogP contribution < -0.4 is 9.46 Å². The Bertz CT molecular complexity index is 1060. The number of hydrogen-bond acceptors (Lipinski definition) is 5. The SMILES string of the molecule is CCOc1c(C)cc(S(=O)(=O)NCC(c2cccs2)n2nc(C)cc2C)cc1C. The van der Waals surface area contributed by atoms with E-state index in [0.29, 0.717) is 6.61 Å². The van der Waals surface area contributed by atoms with Gasteiger partial charge in [0.1, 0.15) is 5.75 Å². The molecular weight excluding hydrogens is 406 g/mol. The molecule has 8 heteroatoms. The maximum atomic E-state index is 13.0. The zero-order valence-electron chi connectivity index (χ0n) is 17.4. The molecule has 0 aliphatic heterocycles. The number of aryl methyl sites for hydroxylation is 4. The molecule has 1 atom stereocenters. The van der Waals surface area contributed by atoms with Gasteiger partial charge in [-0.15, -0.1) is 11.3 Å². The average Bonchev–Trinajstić information content (AvgIpc) is 3.28. The highest BCUT2D eigenvalue weighted by atomic mass is 32.2. The number of ether oxygens (including phenoxy) is 1. The second-order valence-electron chi connectivity index (χ2n) is 7.07. The molecule has 0 saturated heterocycles. The zero-order chi connectivity index (χ0) is 21.2. The number of aromatic nitrogens is 2. The fraction of sp³-hybridized carbons (Fsp3) is 0.381. The van der Waals surface area contributed by atoms with Gasteiger partial charge in [-0.25, -0.2) is 13.1 Å². The molecule has 0 aliphatic rings. The van der Waals surface area contributed by atoms with Crippen molar-refractivity contribution in [2.75, 3.05) is 13.2 Å². The summed E-state index contributed by atoms with van der Waals surface area (Å²) in [5, 5.41) is 6.56. The number of thiophene rings is 1. The van der Waals surface area contributed by atoms with Gasteiger partial charge in [-0.3, -0.25) is 4.68 Å². The van der Waals surface area contributed by atoms with Crippen LogP contribution >= 0.6 is 11.3 Å². The van der Waals surface area contributed by atoms with Crippen LogP contribution in [0, 0.1) is 27.7 Å². The van der Waals surface area contributed by atoms with Crippen molar-refractivity contribution in [3.8, 4) is 5.75 Å². The lowest BCUT2D eigenvalue weighted by Crippen LogP contribution is -2.32. The van der Waals surface area contributed by atoms with Crippen molar-refractivity contribution in [2.24, 2.45) is 0 Å². The molecule has 0 bridgehead atoms. The first-order valence-corrected chi connectivity index (χ1v) is 11.9. The third-order valence-corrected chi connectivity index (χ3v) is 7.09. The summed E-state index contributed by atoms with van der Waals surface area (Å²) in [7, 11) is -3.68. The molecule has 3 rings (SSSR count). The normalized spacial score (nSPS) is 12.9. The molecule has 29 heavy (non-hydrogen) atoms. The van der Waals surface area contributed by atoms with Crippen LogP contribution in [0.2, 0.25) is 0 Å². The van der Waals surface area contributed by atoms with Crippen molar-refractivity contribution >= 4 is 21.4 Å². The van der Waals surface area contributed by atoms with E-state index in [0.717, 1.165) is 33.1 Å². The minimum Gasteiger partial charge on any atom is -0.493 e. The smallest absolute Gasteiger partial charge is 0.240 e. The highest BCUT2D eigenvalue weighted by molar-refractivity contribution is 7.89. The van der Waals surface area contributed by atoms with Gasteiger partial charge in [-0.2, -0.15) is 5.10 Å². The van der Waals surface area contributed by atoms with Crippen LogP contribution in [0.5, 0.6) is 5.75 Å². The van der Waals surface area contributed by atoms with E-state index in [-0.39, 0.29) is 17.5 Å². The standard InChI is InChI=1S/C21H27N3O3S2/c1-6-27-21-14(2)10-18(11-15(21)3)29(25,26)22-13-19(20-8-7-9-28-20)24-17(5)12-16(4)23-24/h7-12,19,22H,6,13H2,1-5H3. The fourth-order valence-corrected chi connectivity index (χ4v) is 5.48. The van der Waals surface area contributed by atoms with E-state index >= 15 is 0 Å². The fourth-order valence-electron chi connectivity index (χ4n) is 3.46. The van der Waals surface area contributed by atoms with E-state index in [1.807, 2.05) is 62.9 Å². The monoisotopic (exact) mass is 433 g/mol. The third kappa shape index (κ3) is 4.71. The van der Waals surface area contributed by atoms with Gasteiger partial charge in [0.05, 0.1) is 23.2 Å². The molecular formula is C21H27N3O3S2. The van der Waals surface area contributed by atoms with Crippen molar-refractivity contribution in [3.63, 3.8) is 0 Å². The predicted octanol–water partition coefficient (Wildman–Crippen LogP) is 4.14. The number of sulfonamides is 1. The third-order valence-electron chi connectivity index (χ3n) is 4.71. The number of benzene rings is 1. The maximum Gasteiger partial charge on any atom is 0.240 e. The van der Waals surface area contributed by atoms with E-state index < -0.39 is 10.0 Å². The first-order chi connectivity index (χ1) is 13.7. The summed E-state index contributed by atoms with van der Waals surface area (Å²) in [5.41, 5.74) is 3.51. The number of nitrogens with one attached hydrogen (secondary N) is 1. The number of rotatable bonds is 8. The minimum atomic E-state index is -3.68. The number of nitrogens with zero attached hydrogens (tertiary/aromatic N) is 2. The summed E-state index contributed by atoms with van der Waals surface area (Å²) in [4.78, 5) is 1.30. The average molecular weight is 434 g/mol. The Morgan fingerprint density at radius 3 is 2.38 bits per heavy atom. The molecule has 0 radical (unpaired) electrons. The predicted molar refractivity (Wildman–Crippen MR) is 116 cm³/mol. The van der Waals surface area contributed by atoms with E-state index in [1.165, 1.54) is 0 Å². The summed E-state index contributed by atoms with van der Waals surface area (Å²) in [6.45, 7) is 10.3. The van der Waals surface area contributed by atoms with Gasteiger partial charge in [0.2, 0.25) is 10.0 Å². The Hall–Kier alpha value is -2.16. The number of hydrogen-bond donors (Lipinski definition) is 1. The van der Waals surface area contributed by atoms with E-state index in [1.54, 1.807) is 23.5 Å². The van der Waals surface area contributed by atoms with Crippen LogP contribution in [0.4, 0.5) is 0 Å². The van der Waals surface area contributed by atoms with Crippen molar-refractivity contribution in [1.29, 1.82) is 0 Å². The molecule has 0 fully saturated rings. The highest BCUT2D eigenvalue weighted by Crippen LogP contribution is 2.28. The molecule has 1 unspecified atom stereocenters. The molecule has 6 nitrogen and oxygen atoms in total. The Morgan fingerprint density at radius 1 is 1.17 bits per heavy atom. The van der Waals surface area contributed by atoms with E-state index in [4.69, 9.17) is 4.74 Å². The van der Waals surface area contributed by atoms with Crippen molar-refractivity contribution in [2.45, 2.75) is 45.6 Å².